The second-order valence-corrected chi connectivity index (χ2v) is 19.8. The maximum absolute atomic E-state index is 14.2. The van der Waals surface area contributed by atoms with Crippen molar-refractivity contribution in [3.05, 3.63) is 0 Å². The Morgan fingerprint density at radius 2 is 1.26 bits per heavy atom. The lowest BCUT2D eigenvalue weighted by atomic mass is 9.96. The van der Waals surface area contributed by atoms with E-state index in [1.165, 1.54) is 23.6 Å². The van der Waals surface area contributed by atoms with Gasteiger partial charge in [-0.2, -0.15) is 0 Å². The summed E-state index contributed by atoms with van der Waals surface area (Å²) in [4.78, 5) is 141. The van der Waals surface area contributed by atoms with Gasteiger partial charge >= 0.3 is 0 Å². The number of aliphatic hydroxyl groups excluding tert-OH is 2. The molecule has 2 rings (SSSR count). The Kier molecular flexibility index (Phi) is 26.6. The molecular formula is C48H85N13O12. The van der Waals surface area contributed by atoms with Crippen molar-refractivity contribution in [2.24, 2.45) is 34.2 Å². The van der Waals surface area contributed by atoms with E-state index in [-0.39, 0.29) is 56.6 Å². The van der Waals surface area contributed by atoms with E-state index in [4.69, 9.17) is 11.5 Å². The largest absolute Gasteiger partial charge is 0.391 e. The summed E-state index contributed by atoms with van der Waals surface area (Å²) in [7, 11) is 0. The molecule has 0 saturated carbocycles. The number of carbonyl (C=O) groups excluding carboxylic acids is 10. The summed E-state index contributed by atoms with van der Waals surface area (Å²) in [5.41, 5.74) is 11.0. The number of β-amino-alcohol motifs (C(OH)–C–C–N with tert-alkyl or cyclic N) is 1. The van der Waals surface area contributed by atoms with Crippen LogP contribution in [0, 0.1) is 17.8 Å². The number of nitrogens with two attached hydrogens (primary N) is 2. The highest BCUT2D eigenvalue weighted by atomic mass is 16.3. The third-order valence-corrected chi connectivity index (χ3v) is 12.8. The number of rotatable bonds is 29. The zero-order chi connectivity index (χ0) is 55.3. The molecule has 0 aromatic carbocycles. The molecule has 2 fully saturated rings. The lowest BCUT2D eigenvalue weighted by molar-refractivity contribution is -0.142. The van der Waals surface area contributed by atoms with Gasteiger partial charge in [-0.15, -0.1) is 0 Å². The Morgan fingerprint density at radius 3 is 1.82 bits per heavy atom. The predicted octanol–water partition coefficient (Wildman–Crippen LogP) is -2.90. The van der Waals surface area contributed by atoms with Crippen LogP contribution in [0.3, 0.4) is 0 Å². The fourth-order valence-electron chi connectivity index (χ4n) is 8.67. The molecule has 0 unspecified atom stereocenters. The number of aliphatic hydroxyl groups is 2. The zero-order valence-corrected chi connectivity index (χ0v) is 44.4. The van der Waals surface area contributed by atoms with Gasteiger partial charge in [-0.05, 0) is 70.1 Å². The van der Waals surface area contributed by atoms with Crippen LogP contribution in [0.2, 0.25) is 0 Å². The minimum absolute atomic E-state index is 0.00432. The van der Waals surface area contributed by atoms with Crippen LogP contribution in [0.25, 0.3) is 0 Å². The predicted molar refractivity (Wildman–Crippen MR) is 270 cm³/mol. The highest BCUT2D eigenvalue weighted by molar-refractivity contribution is 5.98. The topological polar surface area (TPSA) is 378 Å². The summed E-state index contributed by atoms with van der Waals surface area (Å²) in [5.74, 6) is -7.90. The molecule has 2 saturated heterocycles. The van der Waals surface area contributed by atoms with Gasteiger partial charge in [0, 0.05) is 39.5 Å². The number of nitrogens with one attached hydrogen (secondary N) is 8. The van der Waals surface area contributed by atoms with E-state index in [9.17, 15) is 58.2 Å². The summed E-state index contributed by atoms with van der Waals surface area (Å²) in [6.45, 7) is 16.7. The summed E-state index contributed by atoms with van der Waals surface area (Å²) >= 11 is 0. The first-order valence-electron chi connectivity index (χ1n) is 25.6. The van der Waals surface area contributed by atoms with Crippen LogP contribution in [0.4, 0.5) is 0 Å². The van der Waals surface area contributed by atoms with Crippen molar-refractivity contribution in [3.63, 3.8) is 0 Å². The van der Waals surface area contributed by atoms with Crippen molar-refractivity contribution in [2.75, 3.05) is 32.7 Å². The van der Waals surface area contributed by atoms with Crippen LogP contribution in [0.1, 0.15) is 127 Å². The molecule has 25 nitrogen and oxygen atoms in total. The van der Waals surface area contributed by atoms with E-state index in [2.05, 4.69) is 47.5 Å². The number of likely N-dealkylation sites (tertiary alicyclic amines) is 2. The molecule has 0 spiro atoms. The van der Waals surface area contributed by atoms with Gasteiger partial charge < -0.3 is 74.0 Å². The van der Waals surface area contributed by atoms with Crippen molar-refractivity contribution in [1.82, 2.24) is 52.3 Å². The van der Waals surface area contributed by atoms with E-state index >= 15 is 0 Å². The second kappa shape index (κ2) is 30.8. The first kappa shape index (κ1) is 63.0. The Bertz CT molecular complexity index is 1950. The number of nitrogens with zero attached hydrogens (tertiary/aromatic N) is 3. The molecule has 25 heteroatoms. The fourth-order valence-corrected chi connectivity index (χ4v) is 8.67. The average molecular weight is 1040 g/mol. The number of carbonyl (C=O) groups is 10. The van der Waals surface area contributed by atoms with Gasteiger partial charge in [0.2, 0.25) is 59.1 Å². The van der Waals surface area contributed by atoms with Gasteiger partial charge in [0.15, 0.2) is 5.96 Å². The first-order chi connectivity index (χ1) is 34.3. The molecule has 0 bridgehead atoms. The van der Waals surface area contributed by atoms with Crippen LogP contribution < -0.4 is 54.0 Å². The second-order valence-electron chi connectivity index (χ2n) is 19.8. The summed E-state index contributed by atoms with van der Waals surface area (Å²) < 4.78 is 0. The van der Waals surface area contributed by atoms with Crippen LogP contribution >= 0.6 is 0 Å². The van der Waals surface area contributed by atoms with Gasteiger partial charge in [0.05, 0.1) is 18.8 Å². The number of hydrogen-bond acceptors (Lipinski definition) is 13. The van der Waals surface area contributed by atoms with E-state index in [0.29, 0.717) is 45.2 Å². The standard InChI is InChI=1S/C48H85N13O12/c1-11-16-31(40(66)58-38(27(8)12-2)45(71)55-32(17-14-19-52-48(49)50)47(73)60-20-15-18-34(60)42(68)51-13-3)54-46(72)39(28(9)62)59-41(67)33(21-25(4)5)56-44(70)37(26(6)7)57-36(65)23-53-43(69)35-22-30(64)24-61(35)29(10)63/h25-28,30-35,37-39,62,64H,11-24H2,1-10H3,(H,51,68)(H,53,69)(H,54,72)(H,55,71)(H,56,70)(H,57,65)(H,58,66)(H,59,67)(H4,49,50,52)/t27-,28+,30+,31-,32-,33+,34-,35-,37-,38-,39-/m0/s1. The third-order valence-electron chi connectivity index (χ3n) is 12.8. The summed E-state index contributed by atoms with van der Waals surface area (Å²) in [5, 5.41) is 41.9. The maximum atomic E-state index is 14.2. The lowest BCUT2D eigenvalue weighted by Crippen LogP contribution is -2.62. The van der Waals surface area contributed by atoms with Crippen LogP contribution in [-0.2, 0) is 47.9 Å². The van der Waals surface area contributed by atoms with Crippen molar-refractivity contribution in [1.29, 1.82) is 0 Å². The maximum Gasteiger partial charge on any atom is 0.245 e. The van der Waals surface area contributed by atoms with E-state index < -0.39 is 132 Å². The van der Waals surface area contributed by atoms with Gasteiger partial charge in [0.1, 0.15) is 48.3 Å². The molecule has 0 radical (unpaired) electrons. The minimum Gasteiger partial charge on any atom is -0.391 e. The molecular weight excluding hydrogens is 951 g/mol. The molecule has 414 valence electrons. The molecule has 2 aliphatic rings. The Hall–Kier alpha value is -6.11. The Balaban J connectivity index is 2.26. The van der Waals surface area contributed by atoms with Gasteiger partial charge in [-0.25, -0.2) is 0 Å². The number of amides is 10. The quantitative estimate of drug-likeness (QED) is 0.0203. The summed E-state index contributed by atoms with van der Waals surface area (Å²) in [6, 6.07) is -9.38. The number of likely N-dealkylation sites (N-methyl/N-ethyl adjacent to an activating group) is 1. The number of guanidine groups is 1. The van der Waals surface area contributed by atoms with Crippen molar-refractivity contribution >= 4 is 65.0 Å². The molecule has 11 atom stereocenters. The molecule has 14 N–H and O–H groups in total. The molecule has 10 amide bonds. The molecule has 0 aromatic rings. The van der Waals surface area contributed by atoms with E-state index in [1.54, 1.807) is 48.5 Å². The van der Waals surface area contributed by atoms with Crippen LogP contribution in [-0.4, -0.2) is 178 Å². The molecule has 0 aliphatic carbocycles. The zero-order valence-electron chi connectivity index (χ0n) is 44.4. The molecule has 73 heavy (non-hydrogen) atoms. The number of hydrogen-bond donors (Lipinski definition) is 12. The SMILES string of the molecule is CCC[C@H](NC(=O)[C@@H](NC(=O)[C@@H](CC(C)C)NC(=O)[C@@H](NC(=O)CNC(=O)[C@@H]1C[C@@H](O)CN1C(C)=O)C(C)C)[C@@H](C)O)C(=O)N[C@H](C(=O)N[C@@H](CCCN=C(N)N)C(=O)N1CCC[C@H]1C(=O)NCC)[C@@H](C)CC. The average Bonchev–Trinajstić information content (AvgIpc) is 3.98. The van der Waals surface area contributed by atoms with Gasteiger partial charge in [0.25, 0.3) is 0 Å². The molecule has 2 heterocycles. The highest BCUT2D eigenvalue weighted by Gasteiger charge is 2.41. The molecule has 0 aromatic heterocycles. The van der Waals surface area contributed by atoms with Crippen molar-refractivity contribution in [3.8, 4) is 0 Å². The lowest BCUT2D eigenvalue weighted by Gasteiger charge is -2.31. The fraction of sp³-hybridized carbons (Fsp3) is 0.771. The minimum atomic E-state index is -1.64. The smallest absolute Gasteiger partial charge is 0.245 e. The Labute approximate surface area is 429 Å². The highest BCUT2D eigenvalue weighted by Crippen LogP contribution is 2.21. The first-order valence-corrected chi connectivity index (χ1v) is 25.6. The van der Waals surface area contributed by atoms with Crippen LogP contribution in [0.15, 0.2) is 4.99 Å². The monoisotopic (exact) mass is 1040 g/mol. The molecule has 2 aliphatic heterocycles. The number of aliphatic imine (C=N–C) groups is 1. The van der Waals surface area contributed by atoms with E-state index in [0.717, 1.165) is 0 Å². The van der Waals surface area contributed by atoms with E-state index in [1.807, 2.05) is 6.92 Å². The van der Waals surface area contributed by atoms with Gasteiger partial charge in [-0.1, -0.05) is 61.3 Å². The van der Waals surface area contributed by atoms with Crippen molar-refractivity contribution in [2.45, 2.75) is 188 Å². The normalized spacial score (nSPS) is 19.7. The van der Waals surface area contributed by atoms with Gasteiger partial charge in [-0.3, -0.25) is 52.9 Å². The van der Waals surface area contributed by atoms with Crippen molar-refractivity contribution < 1.29 is 58.2 Å². The third kappa shape index (κ3) is 20.0. The Morgan fingerprint density at radius 1 is 0.685 bits per heavy atom. The summed E-state index contributed by atoms with van der Waals surface area (Å²) in [6.07, 6.45) is -0.0514. The van der Waals surface area contributed by atoms with Crippen LogP contribution in [0.5, 0.6) is 0 Å².